The number of aliphatic imine (C=N–C) groups is 1. The fraction of sp³-hybridized carbons (Fsp3) is 0.545. The molecule has 0 unspecified atom stereocenters. The van der Waals surface area contributed by atoms with Gasteiger partial charge in [0, 0.05) is 13.2 Å². The zero-order valence-corrected chi connectivity index (χ0v) is 10.9. The maximum absolute atomic E-state index is 11.8. The van der Waals surface area contributed by atoms with E-state index in [2.05, 4.69) is 20.3 Å². The van der Waals surface area contributed by atoms with Gasteiger partial charge in [-0.25, -0.2) is 4.99 Å². The summed E-state index contributed by atoms with van der Waals surface area (Å²) in [6.07, 6.45) is -0.562. The van der Waals surface area contributed by atoms with Crippen LogP contribution in [0.15, 0.2) is 9.79 Å². The van der Waals surface area contributed by atoms with Gasteiger partial charge in [0.05, 0.1) is 12.3 Å². The van der Waals surface area contributed by atoms with Crippen molar-refractivity contribution in [2.24, 2.45) is 4.99 Å². The van der Waals surface area contributed by atoms with Crippen LogP contribution >= 0.6 is 0 Å². The standard InChI is InChI=1S/C11H17N5O3/c1-3-18-10(19-4-2)6-5-13-8-7(14-6)9(17)16-11(12)15-8/h10H,3-5H2,1-2H3,(H4,12,13,15,16,17). The highest BCUT2D eigenvalue weighted by atomic mass is 16.7. The summed E-state index contributed by atoms with van der Waals surface area (Å²) in [5, 5.41) is 2.99. The molecular weight excluding hydrogens is 250 g/mol. The number of fused-ring (bicyclic) bond motifs is 1. The molecule has 2 rings (SSSR count). The third kappa shape index (κ3) is 2.91. The number of hydrogen-bond donors (Lipinski definition) is 3. The first kappa shape index (κ1) is 13.5. The van der Waals surface area contributed by atoms with Gasteiger partial charge in [-0.1, -0.05) is 0 Å². The molecule has 0 amide bonds. The maximum atomic E-state index is 11.8. The molecule has 1 aliphatic heterocycles. The molecule has 8 heteroatoms. The monoisotopic (exact) mass is 267 g/mol. The number of ether oxygens (including phenoxy) is 2. The molecule has 0 saturated carbocycles. The van der Waals surface area contributed by atoms with Gasteiger partial charge in [-0.05, 0) is 13.8 Å². The Morgan fingerprint density at radius 2 is 2.05 bits per heavy atom. The number of nitrogens with zero attached hydrogens (tertiary/aromatic N) is 2. The topological polar surface area (TPSA) is 115 Å². The van der Waals surface area contributed by atoms with E-state index in [9.17, 15) is 4.79 Å². The lowest BCUT2D eigenvalue weighted by Crippen LogP contribution is -2.35. The minimum Gasteiger partial charge on any atom is -0.369 e. The Hall–Kier alpha value is -1.93. The molecule has 0 aromatic carbocycles. The number of nitrogen functional groups attached to an aromatic ring is 1. The van der Waals surface area contributed by atoms with Crippen molar-refractivity contribution in [1.29, 1.82) is 0 Å². The van der Waals surface area contributed by atoms with E-state index in [1.165, 1.54) is 0 Å². The summed E-state index contributed by atoms with van der Waals surface area (Å²) < 4.78 is 10.9. The van der Waals surface area contributed by atoms with Crippen molar-refractivity contribution in [1.82, 2.24) is 9.97 Å². The second kappa shape index (κ2) is 5.81. The van der Waals surface area contributed by atoms with Crippen LogP contribution < -0.4 is 16.6 Å². The van der Waals surface area contributed by atoms with E-state index in [0.717, 1.165) is 0 Å². The highest BCUT2D eigenvalue weighted by molar-refractivity contribution is 5.96. The molecule has 0 fully saturated rings. The van der Waals surface area contributed by atoms with Crippen molar-refractivity contribution in [3.05, 3.63) is 10.4 Å². The van der Waals surface area contributed by atoms with Gasteiger partial charge in [0.1, 0.15) is 0 Å². The molecule has 0 bridgehead atoms. The molecule has 0 atom stereocenters. The molecule has 0 saturated heterocycles. The molecule has 1 aromatic heterocycles. The number of anilines is 2. The highest BCUT2D eigenvalue weighted by Crippen LogP contribution is 2.22. The Morgan fingerprint density at radius 1 is 1.37 bits per heavy atom. The smallest absolute Gasteiger partial charge is 0.280 e. The predicted molar refractivity (Wildman–Crippen MR) is 71.9 cm³/mol. The van der Waals surface area contributed by atoms with E-state index in [-0.39, 0.29) is 17.2 Å². The maximum Gasteiger partial charge on any atom is 0.280 e. The van der Waals surface area contributed by atoms with Gasteiger partial charge >= 0.3 is 0 Å². The van der Waals surface area contributed by atoms with Gasteiger partial charge < -0.3 is 20.5 Å². The second-order valence-electron chi connectivity index (χ2n) is 3.85. The van der Waals surface area contributed by atoms with E-state index in [1.807, 2.05) is 13.8 Å². The zero-order chi connectivity index (χ0) is 13.8. The fourth-order valence-corrected chi connectivity index (χ4v) is 1.75. The molecule has 104 valence electrons. The van der Waals surface area contributed by atoms with Crippen molar-refractivity contribution >= 4 is 23.2 Å². The van der Waals surface area contributed by atoms with Crippen LogP contribution in [0.25, 0.3) is 0 Å². The van der Waals surface area contributed by atoms with Gasteiger partial charge in [-0.15, -0.1) is 0 Å². The molecule has 19 heavy (non-hydrogen) atoms. The van der Waals surface area contributed by atoms with Crippen LogP contribution in [0.1, 0.15) is 13.8 Å². The first-order valence-corrected chi connectivity index (χ1v) is 6.10. The van der Waals surface area contributed by atoms with Crippen LogP contribution in [-0.4, -0.2) is 41.7 Å². The second-order valence-corrected chi connectivity index (χ2v) is 3.85. The fourth-order valence-electron chi connectivity index (χ4n) is 1.75. The molecule has 8 nitrogen and oxygen atoms in total. The first-order chi connectivity index (χ1) is 9.15. The van der Waals surface area contributed by atoms with E-state index < -0.39 is 6.29 Å². The first-order valence-electron chi connectivity index (χ1n) is 6.10. The third-order valence-corrected chi connectivity index (χ3v) is 2.51. The molecule has 0 spiro atoms. The summed E-state index contributed by atoms with van der Waals surface area (Å²) in [5.74, 6) is 0.429. The molecule has 0 aliphatic carbocycles. The normalized spacial score (nSPS) is 13.9. The van der Waals surface area contributed by atoms with Gasteiger partial charge in [-0.3, -0.25) is 9.78 Å². The Kier molecular flexibility index (Phi) is 4.13. The minimum atomic E-state index is -0.562. The van der Waals surface area contributed by atoms with Gasteiger partial charge in [0.25, 0.3) is 5.56 Å². The van der Waals surface area contributed by atoms with Crippen LogP contribution in [-0.2, 0) is 9.47 Å². The largest absolute Gasteiger partial charge is 0.369 e. The third-order valence-electron chi connectivity index (χ3n) is 2.51. The SMILES string of the molecule is CCOC(OCC)C1=Nc2c(nc(N)[nH]c2=O)NC1. The Labute approximate surface area is 110 Å². The quantitative estimate of drug-likeness (QED) is 0.659. The van der Waals surface area contributed by atoms with Crippen molar-refractivity contribution in [3.63, 3.8) is 0 Å². The molecule has 4 N–H and O–H groups in total. The van der Waals surface area contributed by atoms with Crippen molar-refractivity contribution in [3.8, 4) is 0 Å². The number of aromatic nitrogens is 2. The van der Waals surface area contributed by atoms with Crippen LogP contribution in [0, 0.1) is 0 Å². The average Bonchev–Trinajstić information content (AvgIpc) is 2.38. The number of nitrogens with two attached hydrogens (primary N) is 1. The molecule has 2 heterocycles. The summed E-state index contributed by atoms with van der Waals surface area (Å²) in [6.45, 7) is 5.12. The van der Waals surface area contributed by atoms with E-state index in [4.69, 9.17) is 15.2 Å². The van der Waals surface area contributed by atoms with E-state index in [1.54, 1.807) is 0 Å². The Morgan fingerprint density at radius 3 is 2.68 bits per heavy atom. The highest BCUT2D eigenvalue weighted by Gasteiger charge is 2.23. The van der Waals surface area contributed by atoms with E-state index in [0.29, 0.717) is 31.3 Å². The summed E-state index contributed by atoms with van der Waals surface area (Å²) in [4.78, 5) is 22.4. The summed E-state index contributed by atoms with van der Waals surface area (Å²) in [7, 11) is 0. The number of H-pyrrole nitrogens is 1. The molecule has 0 radical (unpaired) electrons. The molecular formula is C11H17N5O3. The van der Waals surface area contributed by atoms with Crippen LogP contribution in [0.4, 0.5) is 17.5 Å². The Balaban J connectivity index is 2.34. The lowest BCUT2D eigenvalue weighted by Gasteiger charge is -2.23. The average molecular weight is 267 g/mol. The lowest BCUT2D eigenvalue weighted by molar-refractivity contribution is -0.0904. The summed E-state index contributed by atoms with van der Waals surface area (Å²) >= 11 is 0. The van der Waals surface area contributed by atoms with E-state index >= 15 is 0 Å². The van der Waals surface area contributed by atoms with Gasteiger partial charge in [0.2, 0.25) is 5.95 Å². The number of rotatable bonds is 5. The van der Waals surface area contributed by atoms with Crippen molar-refractivity contribution in [2.45, 2.75) is 20.1 Å². The minimum absolute atomic E-state index is 0.0565. The Bertz CT molecular complexity index is 534. The molecule has 1 aliphatic rings. The predicted octanol–water partition coefficient (Wildman–Crippen LogP) is 0.249. The lowest BCUT2D eigenvalue weighted by atomic mass is 10.3. The van der Waals surface area contributed by atoms with Gasteiger partial charge in [-0.2, -0.15) is 4.98 Å². The van der Waals surface area contributed by atoms with Crippen molar-refractivity contribution < 1.29 is 9.47 Å². The number of aromatic amines is 1. The van der Waals surface area contributed by atoms with Crippen molar-refractivity contribution in [2.75, 3.05) is 30.8 Å². The summed E-state index contributed by atoms with van der Waals surface area (Å²) in [5.41, 5.74) is 5.88. The number of hydrogen-bond acceptors (Lipinski definition) is 7. The molecule has 1 aromatic rings. The zero-order valence-electron chi connectivity index (χ0n) is 10.9. The van der Waals surface area contributed by atoms with Gasteiger partial charge in [0.15, 0.2) is 17.8 Å². The number of nitrogens with one attached hydrogen (secondary N) is 2. The summed E-state index contributed by atoms with van der Waals surface area (Å²) in [6, 6.07) is 0. The van der Waals surface area contributed by atoms with Crippen LogP contribution in [0.3, 0.4) is 0 Å². The van der Waals surface area contributed by atoms with Crippen LogP contribution in [0.2, 0.25) is 0 Å². The van der Waals surface area contributed by atoms with Crippen LogP contribution in [0.5, 0.6) is 0 Å².